The van der Waals surface area contributed by atoms with Crippen LogP contribution in [0, 0.1) is 0 Å². The van der Waals surface area contributed by atoms with Gasteiger partial charge in [0.2, 0.25) is 0 Å². The van der Waals surface area contributed by atoms with Gasteiger partial charge in [0, 0.05) is 10.7 Å². The third-order valence-electron chi connectivity index (χ3n) is 2.43. The molecular formula is C12H9Cl2N3O3S. The number of azo groups is 1. The van der Waals surface area contributed by atoms with Gasteiger partial charge in [0.25, 0.3) is 10.1 Å². The molecule has 2 aromatic rings. The Balaban J connectivity index is 2.51. The molecular weight excluding hydrogens is 337 g/mol. The minimum Gasteiger partial charge on any atom is -0.399 e. The first kappa shape index (κ1) is 15.7. The minimum atomic E-state index is -4.53. The molecule has 110 valence electrons. The number of hydrogen-bond donors (Lipinski definition) is 2. The number of benzene rings is 2. The van der Waals surface area contributed by atoms with Crippen molar-refractivity contribution in [2.24, 2.45) is 10.2 Å². The molecule has 0 unspecified atom stereocenters. The highest BCUT2D eigenvalue weighted by molar-refractivity contribution is 7.86. The Morgan fingerprint density at radius 1 is 1.05 bits per heavy atom. The number of nitrogens with two attached hydrogens (primary N) is 1. The maximum Gasteiger partial charge on any atom is 0.296 e. The molecule has 3 N–H and O–H groups in total. The molecule has 0 heterocycles. The van der Waals surface area contributed by atoms with Crippen LogP contribution < -0.4 is 5.73 Å². The maximum atomic E-state index is 11.3. The predicted molar refractivity (Wildman–Crippen MR) is 81.3 cm³/mol. The lowest BCUT2D eigenvalue weighted by molar-refractivity contribution is 0.483. The molecule has 9 heteroatoms. The van der Waals surface area contributed by atoms with E-state index in [0.29, 0.717) is 11.4 Å². The van der Waals surface area contributed by atoms with E-state index in [-0.39, 0.29) is 15.7 Å². The first-order chi connectivity index (χ1) is 9.77. The van der Waals surface area contributed by atoms with Gasteiger partial charge in [-0.25, -0.2) is 0 Å². The molecule has 2 rings (SSSR count). The van der Waals surface area contributed by atoms with Gasteiger partial charge >= 0.3 is 0 Å². The van der Waals surface area contributed by atoms with Crippen LogP contribution in [0.1, 0.15) is 0 Å². The summed E-state index contributed by atoms with van der Waals surface area (Å²) in [6, 6.07) is 8.75. The van der Waals surface area contributed by atoms with Gasteiger partial charge in [0.15, 0.2) is 0 Å². The average molecular weight is 346 g/mol. The van der Waals surface area contributed by atoms with Crippen LogP contribution in [0.4, 0.5) is 17.1 Å². The molecule has 0 aliphatic heterocycles. The van der Waals surface area contributed by atoms with Crippen LogP contribution in [0.15, 0.2) is 51.5 Å². The fourth-order valence-electron chi connectivity index (χ4n) is 1.48. The lowest BCUT2D eigenvalue weighted by Gasteiger charge is -2.04. The van der Waals surface area contributed by atoms with E-state index in [1.807, 2.05) is 0 Å². The van der Waals surface area contributed by atoms with Crippen molar-refractivity contribution in [3.05, 3.63) is 46.4 Å². The lowest BCUT2D eigenvalue weighted by atomic mass is 10.3. The van der Waals surface area contributed by atoms with Crippen molar-refractivity contribution >= 4 is 50.4 Å². The zero-order chi connectivity index (χ0) is 15.6. The van der Waals surface area contributed by atoms with Gasteiger partial charge in [-0.05, 0) is 36.4 Å². The molecule has 0 fully saturated rings. The zero-order valence-electron chi connectivity index (χ0n) is 10.4. The molecule has 2 aromatic carbocycles. The van der Waals surface area contributed by atoms with Gasteiger partial charge in [-0.1, -0.05) is 23.2 Å². The van der Waals surface area contributed by atoms with Crippen LogP contribution in [0.3, 0.4) is 0 Å². The summed E-state index contributed by atoms with van der Waals surface area (Å²) in [5.41, 5.74) is 6.34. The number of anilines is 1. The lowest BCUT2D eigenvalue weighted by Crippen LogP contribution is -1.98. The molecule has 0 saturated heterocycles. The topological polar surface area (TPSA) is 105 Å². The highest BCUT2D eigenvalue weighted by Gasteiger charge is 2.19. The van der Waals surface area contributed by atoms with E-state index in [2.05, 4.69) is 10.2 Å². The SMILES string of the molecule is Nc1ccc(N=Nc2c(Cl)cc(Cl)cc2S(=O)(=O)O)cc1. The van der Waals surface area contributed by atoms with Crippen LogP contribution in [-0.4, -0.2) is 13.0 Å². The second kappa shape index (κ2) is 5.98. The molecule has 0 aromatic heterocycles. The molecule has 21 heavy (non-hydrogen) atoms. The summed E-state index contributed by atoms with van der Waals surface area (Å²) in [7, 11) is -4.53. The summed E-state index contributed by atoms with van der Waals surface area (Å²) in [6.45, 7) is 0. The monoisotopic (exact) mass is 345 g/mol. The summed E-state index contributed by atoms with van der Waals surface area (Å²) in [6.07, 6.45) is 0. The minimum absolute atomic E-state index is 0.0469. The van der Waals surface area contributed by atoms with Crippen molar-refractivity contribution in [1.29, 1.82) is 0 Å². The van der Waals surface area contributed by atoms with E-state index >= 15 is 0 Å². The first-order valence-corrected chi connectivity index (χ1v) is 7.71. The second-order valence-electron chi connectivity index (χ2n) is 4.00. The quantitative estimate of drug-likeness (QED) is 0.493. The number of hydrogen-bond acceptors (Lipinski definition) is 5. The van der Waals surface area contributed by atoms with Crippen molar-refractivity contribution in [2.75, 3.05) is 5.73 Å². The first-order valence-electron chi connectivity index (χ1n) is 5.51. The van der Waals surface area contributed by atoms with Crippen LogP contribution in [0.5, 0.6) is 0 Å². The smallest absolute Gasteiger partial charge is 0.296 e. The number of rotatable bonds is 3. The third kappa shape index (κ3) is 3.92. The standard InChI is InChI=1S/C12H9Cl2N3O3S/c13-7-5-10(14)12(11(6-7)21(18,19)20)17-16-9-3-1-8(15)2-4-9/h1-6H,15H2,(H,18,19,20). The number of halogens is 2. The van der Waals surface area contributed by atoms with Gasteiger partial charge < -0.3 is 5.73 Å². The predicted octanol–water partition coefficient (Wildman–Crippen LogP) is 4.24. The van der Waals surface area contributed by atoms with Gasteiger partial charge in [0.05, 0.1) is 10.7 Å². The normalized spacial score (nSPS) is 12.0. The van der Waals surface area contributed by atoms with Crippen molar-refractivity contribution in [3.8, 4) is 0 Å². The molecule has 0 amide bonds. The van der Waals surface area contributed by atoms with Crippen molar-refractivity contribution in [1.82, 2.24) is 0 Å². The molecule has 0 saturated carbocycles. The Bertz CT molecular complexity index is 805. The number of nitrogens with zero attached hydrogens (tertiary/aromatic N) is 2. The average Bonchev–Trinajstić information content (AvgIpc) is 2.38. The fourth-order valence-corrected chi connectivity index (χ4v) is 2.81. The Kier molecular flexibility index (Phi) is 4.48. The summed E-state index contributed by atoms with van der Waals surface area (Å²) in [4.78, 5) is -0.515. The summed E-state index contributed by atoms with van der Waals surface area (Å²) < 4.78 is 31.9. The van der Waals surface area contributed by atoms with Crippen molar-refractivity contribution < 1.29 is 13.0 Å². The van der Waals surface area contributed by atoms with E-state index in [9.17, 15) is 13.0 Å². The van der Waals surface area contributed by atoms with E-state index in [1.54, 1.807) is 24.3 Å². The summed E-state index contributed by atoms with van der Waals surface area (Å²) in [5.74, 6) is 0. The maximum absolute atomic E-state index is 11.3. The molecule has 0 radical (unpaired) electrons. The summed E-state index contributed by atoms with van der Waals surface area (Å²) in [5, 5.41) is 7.62. The Morgan fingerprint density at radius 2 is 1.67 bits per heavy atom. The highest BCUT2D eigenvalue weighted by atomic mass is 35.5. The molecule has 0 aliphatic carbocycles. The van der Waals surface area contributed by atoms with Crippen LogP contribution in [0.2, 0.25) is 10.0 Å². The van der Waals surface area contributed by atoms with Crippen LogP contribution >= 0.6 is 23.2 Å². The van der Waals surface area contributed by atoms with Gasteiger partial charge in [0.1, 0.15) is 10.6 Å². The van der Waals surface area contributed by atoms with E-state index < -0.39 is 15.0 Å². The van der Waals surface area contributed by atoms with Crippen LogP contribution in [0.25, 0.3) is 0 Å². The Hall–Kier alpha value is -1.67. The van der Waals surface area contributed by atoms with E-state index in [0.717, 1.165) is 6.07 Å². The van der Waals surface area contributed by atoms with E-state index in [4.69, 9.17) is 28.9 Å². The van der Waals surface area contributed by atoms with E-state index in [1.165, 1.54) is 6.07 Å². The molecule has 0 spiro atoms. The Labute approximate surface area is 131 Å². The largest absolute Gasteiger partial charge is 0.399 e. The molecule has 0 bridgehead atoms. The summed E-state index contributed by atoms with van der Waals surface area (Å²) >= 11 is 11.6. The van der Waals surface area contributed by atoms with Gasteiger partial charge in [-0.2, -0.15) is 13.5 Å². The van der Waals surface area contributed by atoms with Crippen molar-refractivity contribution in [2.45, 2.75) is 4.90 Å². The number of nitrogen functional groups attached to an aromatic ring is 1. The van der Waals surface area contributed by atoms with Crippen molar-refractivity contribution in [3.63, 3.8) is 0 Å². The molecule has 6 nitrogen and oxygen atoms in total. The molecule has 0 aliphatic rings. The van der Waals surface area contributed by atoms with Crippen LogP contribution in [-0.2, 0) is 10.1 Å². The third-order valence-corrected chi connectivity index (χ3v) is 3.80. The fraction of sp³-hybridized carbons (Fsp3) is 0. The molecule has 0 atom stereocenters. The Morgan fingerprint density at radius 3 is 2.24 bits per heavy atom. The second-order valence-corrected chi connectivity index (χ2v) is 6.23. The zero-order valence-corrected chi connectivity index (χ0v) is 12.7. The van der Waals surface area contributed by atoms with Gasteiger partial charge in [-0.3, -0.25) is 4.55 Å². The van der Waals surface area contributed by atoms with Gasteiger partial charge in [-0.15, -0.1) is 5.11 Å². The highest BCUT2D eigenvalue weighted by Crippen LogP contribution is 2.36.